The largest absolute Gasteiger partial charge is 0.492 e. The molecular formula is C11H14BrNO. The fourth-order valence-electron chi connectivity index (χ4n) is 1.12. The first-order valence-electron chi connectivity index (χ1n) is 4.50. The lowest BCUT2D eigenvalue weighted by molar-refractivity contribution is 0.319. The molecule has 2 N–H and O–H groups in total. The molecule has 0 unspecified atom stereocenters. The summed E-state index contributed by atoms with van der Waals surface area (Å²) in [5.41, 5.74) is 6.62. The Balaban J connectivity index is 2.76. The van der Waals surface area contributed by atoms with Crippen molar-refractivity contribution in [1.82, 2.24) is 0 Å². The average Bonchev–Trinajstić information content (AvgIpc) is 2.20. The number of halogens is 1. The highest BCUT2D eigenvalue weighted by atomic mass is 79.9. The first-order chi connectivity index (χ1) is 6.79. The summed E-state index contributed by atoms with van der Waals surface area (Å²) in [5.74, 6) is 0.844. The standard InChI is InChI=1S/C11H14BrNO/c1-2-3-7-14-11-9(8-13)5-4-6-10(11)12/h2,4-6H,1,3,7-8,13H2. The highest BCUT2D eigenvalue weighted by molar-refractivity contribution is 9.10. The van der Waals surface area contributed by atoms with E-state index in [1.165, 1.54) is 0 Å². The predicted molar refractivity (Wildman–Crippen MR) is 62.3 cm³/mol. The van der Waals surface area contributed by atoms with Crippen LogP contribution in [0.5, 0.6) is 5.75 Å². The molecule has 0 bridgehead atoms. The molecule has 0 heterocycles. The van der Waals surface area contributed by atoms with E-state index in [0.717, 1.165) is 22.2 Å². The summed E-state index contributed by atoms with van der Waals surface area (Å²) in [7, 11) is 0. The van der Waals surface area contributed by atoms with Crippen LogP contribution in [0.4, 0.5) is 0 Å². The van der Waals surface area contributed by atoms with Gasteiger partial charge in [-0.2, -0.15) is 0 Å². The van der Waals surface area contributed by atoms with E-state index in [0.29, 0.717) is 13.2 Å². The van der Waals surface area contributed by atoms with Gasteiger partial charge in [0.25, 0.3) is 0 Å². The third-order valence-electron chi connectivity index (χ3n) is 1.84. The zero-order valence-electron chi connectivity index (χ0n) is 8.00. The molecule has 1 rings (SSSR count). The van der Waals surface area contributed by atoms with Crippen molar-refractivity contribution in [3.05, 3.63) is 40.9 Å². The van der Waals surface area contributed by atoms with E-state index in [1.54, 1.807) is 0 Å². The summed E-state index contributed by atoms with van der Waals surface area (Å²) in [6, 6.07) is 5.86. The molecule has 0 aromatic heterocycles. The average molecular weight is 256 g/mol. The number of nitrogens with two attached hydrogens (primary N) is 1. The minimum atomic E-state index is 0.489. The van der Waals surface area contributed by atoms with Crippen LogP contribution in [0.3, 0.4) is 0 Å². The molecule has 14 heavy (non-hydrogen) atoms. The van der Waals surface area contributed by atoms with Crippen molar-refractivity contribution in [2.45, 2.75) is 13.0 Å². The Hall–Kier alpha value is -0.800. The Morgan fingerprint density at radius 2 is 2.29 bits per heavy atom. The van der Waals surface area contributed by atoms with Gasteiger partial charge in [0, 0.05) is 12.1 Å². The van der Waals surface area contributed by atoms with Crippen LogP contribution in [-0.2, 0) is 6.54 Å². The summed E-state index contributed by atoms with van der Waals surface area (Å²) in [4.78, 5) is 0. The van der Waals surface area contributed by atoms with E-state index in [1.807, 2.05) is 24.3 Å². The summed E-state index contributed by atoms with van der Waals surface area (Å²) in [6.45, 7) is 4.77. The minimum absolute atomic E-state index is 0.489. The lowest BCUT2D eigenvalue weighted by Gasteiger charge is -2.11. The number of rotatable bonds is 5. The first-order valence-corrected chi connectivity index (χ1v) is 5.30. The fraction of sp³-hybridized carbons (Fsp3) is 0.273. The fourth-order valence-corrected chi connectivity index (χ4v) is 1.64. The molecule has 0 aliphatic carbocycles. The Labute approximate surface area is 92.9 Å². The highest BCUT2D eigenvalue weighted by Gasteiger charge is 2.05. The Morgan fingerprint density at radius 1 is 1.50 bits per heavy atom. The molecular weight excluding hydrogens is 242 g/mol. The molecule has 1 aromatic rings. The van der Waals surface area contributed by atoms with E-state index < -0.39 is 0 Å². The third kappa shape index (κ3) is 2.86. The van der Waals surface area contributed by atoms with Gasteiger partial charge in [-0.3, -0.25) is 0 Å². The monoisotopic (exact) mass is 255 g/mol. The molecule has 0 fully saturated rings. The van der Waals surface area contributed by atoms with E-state index in [4.69, 9.17) is 10.5 Å². The lowest BCUT2D eigenvalue weighted by atomic mass is 10.2. The van der Waals surface area contributed by atoms with Crippen LogP contribution in [0.25, 0.3) is 0 Å². The normalized spacial score (nSPS) is 9.86. The number of benzene rings is 1. The van der Waals surface area contributed by atoms with E-state index in [-0.39, 0.29) is 0 Å². The van der Waals surface area contributed by atoms with Gasteiger partial charge in [-0.05, 0) is 28.4 Å². The maximum Gasteiger partial charge on any atom is 0.137 e. The molecule has 0 aliphatic rings. The summed E-state index contributed by atoms with van der Waals surface area (Å²) in [6.07, 6.45) is 2.67. The molecule has 0 saturated carbocycles. The van der Waals surface area contributed by atoms with Crippen LogP contribution in [0.1, 0.15) is 12.0 Å². The van der Waals surface area contributed by atoms with Gasteiger partial charge in [0.2, 0.25) is 0 Å². The van der Waals surface area contributed by atoms with Crippen molar-refractivity contribution >= 4 is 15.9 Å². The topological polar surface area (TPSA) is 35.2 Å². The van der Waals surface area contributed by atoms with Crippen LogP contribution in [0, 0.1) is 0 Å². The van der Waals surface area contributed by atoms with Crippen LogP contribution >= 0.6 is 15.9 Å². The van der Waals surface area contributed by atoms with Crippen LogP contribution in [-0.4, -0.2) is 6.61 Å². The highest BCUT2D eigenvalue weighted by Crippen LogP contribution is 2.28. The van der Waals surface area contributed by atoms with Gasteiger partial charge in [-0.25, -0.2) is 0 Å². The molecule has 0 radical (unpaired) electrons. The maximum atomic E-state index is 5.60. The number of hydrogen-bond acceptors (Lipinski definition) is 2. The van der Waals surface area contributed by atoms with Gasteiger partial charge in [0.1, 0.15) is 5.75 Å². The van der Waals surface area contributed by atoms with Gasteiger partial charge >= 0.3 is 0 Å². The number of para-hydroxylation sites is 1. The van der Waals surface area contributed by atoms with Gasteiger partial charge in [-0.15, -0.1) is 6.58 Å². The minimum Gasteiger partial charge on any atom is -0.492 e. The molecule has 0 amide bonds. The van der Waals surface area contributed by atoms with Crippen molar-refractivity contribution in [2.24, 2.45) is 5.73 Å². The van der Waals surface area contributed by atoms with Crippen LogP contribution in [0.2, 0.25) is 0 Å². The van der Waals surface area contributed by atoms with Crippen LogP contribution in [0.15, 0.2) is 35.3 Å². The number of hydrogen-bond donors (Lipinski definition) is 1. The van der Waals surface area contributed by atoms with E-state index >= 15 is 0 Å². The van der Waals surface area contributed by atoms with Crippen molar-refractivity contribution in [1.29, 1.82) is 0 Å². The zero-order chi connectivity index (χ0) is 10.4. The summed E-state index contributed by atoms with van der Waals surface area (Å²) in [5, 5.41) is 0. The first kappa shape index (κ1) is 11.3. The van der Waals surface area contributed by atoms with Crippen molar-refractivity contribution < 1.29 is 4.74 Å². The Kier molecular flexibility index (Phi) is 4.70. The molecule has 3 heteroatoms. The Morgan fingerprint density at radius 3 is 2.93 bits per heavy atom. The maximum absolute atomic E-state index is 5.60. The van der Waals surface area contributed by atoms with Gasteiger partial charge in [-0.1, -0.05) is 18.2 Å². The quantitative estimate of drug-likeness (QED) is 0.649. The second-order valence-electron chi connectivity index (χ2n) is 2.86. The number of ether oxygens (including phenoxy) is 1. The second kappa shape index (κ2) is 5.83. The van der Waals surface area contributed by atoms with Crippen molar-refractivity contribution in [3.63, 3.8) is 0 Å². The van der Waals surface area contributed by atoms with Crippen LogP contribution < -0.4 is 10.5 Å². The van der Waals surface area contributed by atoms with Crippen molar-refractivity contribution in [3.8, 4) is 5.75 Å². The smallest absolute Gasteiger partial charge is 0.137 e. The van der Waals surface area contributed by atoms with E-state index in [9.17, 15) is 0 Å². The predicted octanol–water partition coefficient (Wildman–Crippen LogP) is 2.86. The Bertz CT molecular complexity index is 312. The molecule has 1 aromatic carbocycles. The molecule has 0 saturated heterocycles. The van der Waals surface area contributed by atoms with E-state index in [2.05, 4.69) is 22.5 Å². The zero-order valence-corrected chi connectivity index (χ0v) is 9.59. The molecule has 0 aliphatic heterocycles. The van der Waals surface area contributed by atoms with Gasteiger partial charge in [0.15, 0.2) is 0 Å². The second-order valence-corrected chi connectivity index (χ2v) is 3.71. The molecule has 0 atom stereocenters. The molecule has 76 valence electrons. The molecule has 0 spiro atoms. The summed E-state index contributed by atoms with van der Waals surface area (Å²) >= 11 is 3.43. The lowest BCUT2D eigenvalue weighted by Crippen LogP contribution is -2.03. The van der Waals surface area contributed by atoms with Crippen molar-refractivity contribution in [2.75, 3.05) is 6.61 Å². The molecule has 2 nitrogen and oxygen atoms in total. The third-order valence-corrected chi connectivity index (χ3v) is 2.46. The van der Waals surface area contributed by atoms with Gasteiger partial charge < -0.3 is 10.5 Å². The van der Waals surface area contributed by atoms with Gasteiger partial charge in [0.05, 0.1) is 11.1 Å². The SMILES string of the molecule is C=CCCOc1c(Br)cccc1CN. The summed E-state index contributed by atoms with van der Waals surface area (Å²) < 4.78 is 6.55.